The van der Waals surface area contributed by atoms with E-state index in [-0.39, 0.29) is 22.3 Å². The second-order valence-corrected chi connectivity index (χ2v) is 6.20. The molecule has 0 unspecified atom stereocenters. The highest BCUT2D eigenvalue weighted by Gasteiger charge is 2.31. The average molecular weight is 425 g/mol. The second-order valence-electron chi connectivity index (χ2n) is 5.79. The number of nitrogens with zero attached hydrogens (tertiary/aromatic N) is 4. The van der Waals surface area contributed by atoms with Crippen LogP contribution in [0.4, 0.5) is 42.0 Å². The van der Waals surface area contributed by atoms with Gasteiger partial charge in [0.25, 0.3) is 0 Å². The minimum atomic E-state index is -4.61. The van der Waals surface area contributed by atoms with Gasteiger partial charge in [0.05, 0.1) is 21.2 Å². The third-order valence-corrected chi connectivity index (χ3v) is 4.13. The Morgan fingerprint density at radius 3 is 2.38 bits per heavy atom. The predicted octanol–water partition coefficient (Wildman–Crippen LogP) is 5.25. The van der Waals surface area contributed by atoms with Gasteiger partial charge < -0.3 is 10.6 Å². The summed E-state index contributed by atoms with van der Waals surface area (Å²) in [6.45, 7) is 1.74. The standard InChI is InChI=1S/C17H12ClF3N6O2/c1-9-3-2-6-22-14(9)26-16-13(27(28)29)15(23-8-24-16)25-12-7-10(17(19,20)21)4-5-11(12)18/h2-8H,1H3,(H2,22,23,24,25,26). The van der Waals surface area contributed by atoms with Crippen LogP contribution in [0, 0.1) is 17.0 Å². The molecule has 0 aliphatic heterocycles. The van der Waals surface area contributed by atoms with Crippen LogP contribution in [-0.2, 0) is 6.18 Å². The molecule has 3 aromatic rings. The van der Waals surface area contributed by atoms with Crippen molar-refractivity contribution in [2.75, 3.05) is 10.6 Å². The van der Waals surface area contributed by atoms with E-state index < -0.39 is 22.4 Å². The summed E-state index contributed by atoms with van der Waals surface area (Å²) in [5.41, 5.74) is -1.03. The van der Waals surface area contributed by atoms with E-state index >= 15 is 0 Å². The number of aryl methyl sites for hydroxylation is 1. The van der Waals surface area contributed by atoms with E-state index in [1.165, 1.54) is 6.20 Å². The molecule has 0 fully saturated rings. The molecule has 0 amide bonds. The Morgan fingerprint density at radius 1 is 1.07 bits per heavy atom. The third kappa shape index (κ3) is 4.51. The van der Waals surface area contributed by atoms with E-state index in [9.17, 15) is 23.3 Å². The van der Waals surface area contributed by atoms with Crippen molar-refractivity contribution in [3.8, 4) is 0 Å². The summed E-state index contributed by atoms with van der Waals surface area (Å²) in [6, 6.07) is 6.01. The molecule has 0 atom stereocenters. The number of pyridine rings is 1. The summed E-state index contributed by atoms with van der Waals surface area (Å²) < 4.78 is 38.9. The van der Waals surface area contributed by atoms with Crippen molar-refractivity contribution in [1.29, 1.82) is 0 Å². The molecular weight excluding hydrogens is 413 g/mol. The SMILES string of the molecule is Cc1cccnc1Nc1ncnc(Nc2cc(C(F)(F)F)ccc2Cl)c1[N+](=O)[O-]. The monoisotopic (exact) mass is 424 g/mol. The first-order valence-electron chi connectivity index (χ1n) is 7.98. The molecule has 0 bridgehead atoms. The number of alkyl halides is 3. The molecule has 0 saturated heterocycles. The summed E-state index contributed by atoms with van der Waals surface area (Å²) in [7, 11) is 0. The van der Waals surface area contributed by atoms with E-state index in [2.05, 4.69) is 25.6 Å². The maximum Gasteiger partial charge on any atom is 0.416 e. The van der Waals surface area contributed by atoms with Crippen molar-refractivity contribution in [3.63, 3.8) is 0 Å². The third-order valence-electron chi connectivity index (χ3n) is 3.80. The van der Waals surface area contributed by atoms with Crippen LogP contribution in [0.15, 0.2) is 42.9 Å². The molecule has 2 aromatic heterocycles. The lowest BCUT2D eigenvalue weighted by Crippen LogP contribution is -2.08. The maximum absolute atomic E-state index is 13.0. The highest BCUT2D eigenvalue weighted by Crippen LogP contribution is 2.37. The molecule has 150 valence electrons. The van der Waals surface area contributed by atoms with Crippen LogP contribution in [0.25, 0.3) is 0 Å². The summed E-state index contributed by atoms with van der Waals surface area (Å²) in [6.07, 6.45) is -2.09. The Balaban J connectivity index is 2.03. The van der Waals surface area contributed by atoms with Crippen molar-refractivity contribution < 1.29 is 18.1 Å². The van der Waals surface area contributed by atoms with Gasteiger partial charge in [0.15, 0.2) is 0 Å². The number of benzene rings is 1. The van der Waals surface area contributed by atoms with Crippen LogP contribution < -0.4 is 10.6 Å². The largest absolute Gasteiger partial charge is 0.416 e. The molecule has 0 aliphatic rings. The Kier molecular flexibility index (Phi) is 5.50. The van der Waals surface area contributed by atoms with E-state index in [4.69, 9.17) is 11.6 Å². The molecular formula is C17H12ClF3N6O2. The van der Waals surface area contributed by atoms with Crippen LogP contribution in [0.3, 0.4) is 0 Å². The van der Waals surface area contributed by atoms with Gasteiger partial charge in [0.2, 0.25) is 11.6 Å². The number of nitro groups is 1. The van der Waals surface area contributed by atoms with Gasteiger partial charge in [0.1, 0.15) is 12.1 Å². The molecule has 3 rings (SSSR count). The van der Waals surface area contributed by atoms with Crippen LogP contribution in [0.1, 0.15) is 11.1 Å². The van der Waals surface area contributed by atoms with Crippen molar-refractivity contribution in [2.45, 2.75) is 13.1 Å². The lowest BCUT2D eigenvalue weighted by Gasteiger charge is -2.13. The molecule has 0 radical (unpaired) electrons. The number of anilines is 4. The van der Waals surface area contributed by atoms with Crippen LogP contribution in [0.2, 0.25) is 5.02 Å². The first kappa shape index (κ1) is 20.3. The Labute approximate surface area is 166 Å². The second kappa shape index (κ2) is 7.87. The lowest BCUT2D eigenvalue weighted by molar-refractivity contribution is -0.383. The molecule has 8 nitrogen and oxygen atoms in total. The fourth-order valence-corrected chi connectivity index (χ4v) is 2.55. The molecule has 12 heteroatoms. The molecule has 1 aromatic carbocycles. The van der Waals surface area contributed by atoms with Gasteiger partial charge in [-0.15, -0.1) is 0 Å². The van der Waals surface area contributed by atoms with Crippen molar-refractivity contribution in [1.82, 2.24) is 15.0 Å². The Hall–Kier alpha value is -3.47. The average Bonchev–Trinajstić information content (AvgIpc) is 2.64. The smallest absolute Gasteiger partial charge is 0.333 e. The predicted molar refractivity (Wildman–Crippen MR) is 101 cm³/mol. The van der Waals surface area contributed by atoms with E-state index in [0.717, 1.165) is 24.5 Å². The number of hydrogen-bond acceptors (Lipinski definition) is 7. The zero-order chi connectivity index (χ0) is 21.2. The fourth-order valence-electron chi connectivity index (χ4n) is 2.39. The summed E-state index contributed by atoms with van der Waals surface area (Å²) in [5.74, 6) is -0.183. The minimum Gasteiger partial charge on any atom is -0.333 e. The van der Waals surface area contributed by atoms with Crippen molar-refractivity contribution >= 4 is 40.4 Å². The summed E-state index contributed by atoms with van der Waals surface area (Å²) in [4.78, 5) is 22.6. The molecule has 2 N–H and O–H groups in total. The first-order chi connectivity index (χ1) is 13.7. The van der Waals surface area contributed by atoms with Gasteiger partial charge in [-0.05, 0) is 36.8 Å². The fraction of sp³-hybridized carbons (Fsp3) is 0.118. The minimum absolute atomic E-state index is 0.0685. The van der Waals surface area contributed by atoms with Crippen LogP contribution in [0.5, 0.6) is 0 Å². The maximum atomic E-state index is 13.0. The van der Waals surface area contributed by atoms with Gasteiger partial charge in [-0.25, -0.2) is 15.0 Å². The van der Waals surface area contributed by atoms with Gasteiger partial charge in [0, 0.05) is 6.20 Å². The number of nitrogens with one attached hydrogen (secondary N) is 2. The molecule has 29 heavy (non-hydrogen) atoms. The zero-order valence-corrected chi connectivity index (χ0v) is 15.4. The van der Waals surface area contributed by atoms with Gasteiger partial charge in [-0.1, -0.05) is 17.7 Å². The van der Waals surface area contributed by atoms with Crippen LogP contribution >= 0.6 is 11.6 Å². The highest BCUT2D eigenvalue weighted by molar-refractivity contribution is 6.33. The molecule has 0 spiro atoms. The summed E-state index contributed by atoms with van der Waals surface area (Å²) >= 11 is 5.95. The lowest BCUT2D eigenvalue weighted by atomic mass is 10.2. The van der Waals surface area contributed by atoms with Gasteiger partial charge in [-0.3, -0.25) is 10.1 Å². The number of hydrogen-bond donors (Lipinski definition) is 2. The van der Waals surface area contributed by atoms with E-state index in [0.29, 0.717) is 11.4 Å². The van der Waals surface area contributed by atoms with E-state index in [1.807, 2.05) is 0 Å². The highest BCUT2D eigenvalue weighted by atomic mass is 35.5. The zero-order valence-electron chi connectivity index (χ0n) is 14.7. The number of halogens is 4. The topological polar surface area (TPSA) is 106 Å². The van der Waals surface area contributed by atoms with Gasteiger partial charge in [-0.2, -0.15) is 13.2 Å². The van der Waals surface area contributed by atoms with Crippen LogP contribution in [-0.4, -0.2) is 19.9 Å². The number of aromatic nitrogens is 3. The molecule has 2 heterocycles. The van der Waals surface area contributed by atoms with Crippen molar-refractivity contribution in [3.05, 3.63) is 69.1 Å². The van der Waals surface area contributed by atoms with Crippen molar-refractivity contribution in [2.24, 2.45) is 0 Å². The molecule has 0 saturated carbocycles. The first-order valence-corrected chi connectivity index (χ1v) is 8.36. The number of rotatable bonds is 5. The summed E-state index contributed by atoms with van der Waals surface area (Å²) in [5, 5.41) is 16.8. The molecule has 0 aliphatic carbocycles. The van der Waals surface area contributed by atoms with E-state index in [1.54, 1.807) is 19.1 Å². The normalized spacial score (nSPS) is 11.2. The Bertz CT molecular complexity index is 1080. The quantitative estimate of drug-likeness (QED) is 0.425. The Morgan fingerprint density at radius 2 is 1.76 bits per heavy atom. The van der Waals surface area contributed by atoms with Gasteiger partial charge >= 0.3 is 11.9 Å².